The summed E-state index contributed by atoms with van der Waals surface area (Å²) < 4.78 is 18.4. The molecule has 0 aliphatic rings. The zero-order valence-electron chi connectivity index (χ0n) is 64.0. The van der Waals surface area contributed by atoms with Crippen molar-refractivity contribution in [2.75, 3.05) is 38.6 Å². The Hall–Kier alpha value is -10.0. The van der Waals surface area contributed by atoms with Crippen LogP contribution in [0.15, 0.2) is 188 Å². The Labute approximate surface area is 637 Å². The van der Waals surface area contributed by atoms with E-state index in [2.05, 4.69) is 25.3 Å². The molecule has 6 heterocycles. The van der Waals surface area contributed by atoms with Crippen molar-refractivity contribution in [3.05, 3.63) is 266 Å². The van der Waals surface area contributed by atoms with Gasteiger partial charge in [-0.15, -0.1) is 0 Å². The number of hydrogen-bond donors (Lipinski definition) is 1. The van der Waals surface area contributed by atoms with Gasteiger partial charge in [-0.25, -0.2) is 19.9 Å². The van der Waals surface area contributed by atoms with Gasteiger partial charge < -0.3 is 41.5 Å². The second kappa shape index (κ2) is 54.7. The van der Waals surface area contributed by atoms with Crippen LogP contribution in [0.4, 0.5) is 17.5 Å². The first kappa shape index (κ1) is 97.2. The maximum absolute atomic E-state index is 11.6. The number of rotatable bonds is 21. The standard InChI is InChI=1S/C23H23N3O4.C23H23N3O3.C22H21N3O4.6C2H6.2CH4.Na.H/c1-16(28)25(2)23-7-6-19(14-24-23)21(12-17-8-10-26(29)11-9-17)18-4-5-20(15-27)22(13-18)30-3;1-16(2)25-23-7-6-19(14-24-23)21(12-17-8-10-26(28)11-9-17)18-4-5-20(15-27)22(13-18)29-3;1-15(27)24-22-6-5-18(13-23-22)20(11-16-7-9-25(28)10-8-16)17-3-4-19(14-26)21(12-17)29-2;6*1-2;;;;/h4-11,13-15,21H,12H2,1-3H3;4-11,13-15,21H,12H2,1-3H3;3-10,12-14,20H,11H2,1-2H3,(H,23,24,27);6*1-2H3;2*1H4;;/q;;;;;;;;;;;+1;-1. The Morgan fingerprint density at radius 1 is 0.466 bits per heavy atom. The number of nitrogens with zero attached hydrogens (tertiary/aromatic N) is 8. The topological polar surface area (TPSA) is 260 Å². The molecular formula is C82H112N9NaO11. The second-order valence-corrected chi connectivity index (χ2v) is 20.5. The van der Waals surface area contributed by atoms with E-state index >= 15 is 0 Å². The van der Waals surface area contributed by atoms with Crippen LogP contribution in [0, 0.1) is 15.6 Å². The van der Waals surface area contributed by atoms with Crippen LogP contribution in [0.2, 0.25) is 0 Å². The molecular weight excluding hydrogens is 1310 g/mol. The van der Waals surface area contributed by atoms with Crippen LogP contribution in [0.5, 0.6) is 17.2 Å². The number of hydrogen-bond acceptors (Lipinski definition) is 15. The van der Waals surface area contributed by atoms with E-state index in [1.165, 1.54) is 70.1 Å². The summed E-state index contributed by atoms with van der Waals surface area (Å²) >= 11 is 0. The van der Waals surface area contributed by atoms with Gasteiger partial charge in [0.2, 0.25) is 11.8 Å². The molecule has 552 valence electrons. The van der Waals surface area contributed by atoms with Crippen molar-refractivity contribution < 1.29 is 83.4 Å². The van der Waals surface area contributed by atoms with Crippen LogP contribution >= 0.6 is 0 Å². The predicted octanol–water partition coefficient (Wildman–Crippen LogP) is 14.3. The Morgan fingerprint density at radius 2 is 0.767 bits per heavy atom. The second-order valence-electron chi connectivity index (χ2n) is 20.5. The predicted molar refractivity (Wildman–Crippen MR) is 415 cm³/mol. The SMILES string of the molecule is C.C.CC.CC.CC.CC.CC.CC.COc1cc(C(Cc2cc[n+]([O-])cc2)c2ccc(N(C)C(C)=O)nc2)ccc1C=O.COc1cc(C(Cc2cc[n+]([O-])cc2)c2ccc(N=C(C)C)nc2)ccc1C=O.COc1cc(C(Cc2cc[n+]([O-])cc2)c2ccc(NC(C)=O)nc2)ccc1C=O.[H-].[Na+]. The number of anilines is 2. The minimum Gasteiger partial charge on any atom is -1.00 e. The van der Waals surface area contributed by atoms with Gasteiger partial charge in [0.05, 0.1) is 38.0 Å². The normalized spacial score (nSPS) is 10.2. The summed E-state index contributed by atoms with van der Waals surface area (Å²) in [5.41, 5.74) is 11.1. The maximum atomic E-state index is 11.6. The zero-order chi connectivity index (χ0) is 75.3. The third-order valence-electron chi connectivity index (χ3n) is 14.3. The van der Waals surface area contributed by atoms with Crippen molar-refractivity contribution in [2.24, 2.45) is 4.99 Å². The van der Waals surface area contributed by atoms with Gasteiger partial charge in [-0.2, -0.15) is 14.2 Å². The number of carbonyl (C=O) groups is 5. The van der Waals surface area contributed by atoms with E-state index in [9.17, 15) is 39.6 Å². The van der Waals surface area contributed by atoms with Gasteiger partial charge in [-0.1, -0.05) is 134 Å². The van der Waals surface area contributed by atoms with Crippen molar-refractivity contribution in [3.63, 3.8) is 0 Å². The van der Waals surface area contributed by atoms with Crippen molar-refractivity contribution in [2.45, 2.75) is 163 Å². The minimum atomic E-state index is -0.189. The molecule has 3 unspecified atom stereocenters. The molecule has 20 nitrogen and oxygen atoms in total. The van der Waals surface area contributed by atoms with Gasteiger partial charge in [0.1, 0.15) is 28.9 Å². The van der Waals surface area contributed by atoms with E-state index in [1.54, 1.807) is 81.1 Å². The van der Waals surface area contributed by atoms with Gasteiger partial charge in [0.25, 0.3) is 0 Å². The van der Waals surface area contributed by atoms with Crippen LogP contribution in [-0.2, 0) is 28.9 Å². The molecule has 1 N–H and O–H groups in total. The van der Waals surface area contributed by atoms with Crippen molar-refractivity contribution in [3.8, 4) is 17.2 Å². The summed E-state index contributed by atoms with van der Waals surface area (Å²) in [4.78, 5) is 75.7. The average Bonchev–Trinajstić information content (AvgIpc) is 0.823. The quantitative estimate of drug-likeness (QED) is 0.0231. The zero-order valence-corrected chi connectivity index (χ0v) is 65.0. The summed E-state index contributed by atoms with van der Waals surface area (Å²) in [7, 11) is 6.27. The number of aliphatic imine (C=N–C) groups is 1. The summed E-state index contributed by atoms with van der Waals surface area (Å²) in [6, 6.07) is 38.5. The summed E-state index contributed by atoms with van der Waals surface area (Å²) in [5, 5.41) is 36.8. The molecule has 6 aromatic heterocycles. The minimum absolute atomic E-state index is 0. The molecule has 2 amide bonds. The molecule has 0 saturated carbocycles. The molecule has 0 fully saturated rings. The molecule has 0 bridgehead atoms. The Morgan fingerprint density at radius 3 is 1.01 bits per heavy atom. The first-order valence-electron chi connectivity index (χ1n) is 33.8. The number of carbonyl (C=O) groups excluding carboxylic acids is 5. The molecule has 0 aliphatic carbocycles. The molecule has 9 aromatic rings. The number of aromatic nitrogens is 6. The number of benzene rings is 3. The van der Waals surface area contributed by atoms with Crippen molar-refractivity contribution in [1.29, 1.82) is 0 Å². The number of amides is 2. The number of nitrogens with one attached hydrogen (secondary N) is 1. The molecule has 103 heavy (non-hydrogen) atoms. The van der Waals surface area contributed by atoms with E-state index in [0.29, 0.717) is 70.7 Å². The first-order chi connectivity index (χ1) is 48.4. The van der Waals surface area contributed by atoms with E-state index in [1.807, 2.05) is 176 Å². The average molecular weight is 1420 g/mol. The Bertz CT molecular complexity index is 3870. The summed E-state index contributed by atoms with van der Waals surface area (Å²) in [6.07, 6.45) is 18.3. The molecule has 0 aliphatic heterocycles. The fraction of sp³-hybridized carbons (Fsp3) is 0.341. The third-order valence-corrected chi connectivity index (χ3v) is 14.3. The Kier molecular flexibility index (Phi) is 51.6. The molecule has 3 atom stereocenters. The van der Waals surface area contributed by atoms with Gasteiger partial charge >= 0.3 is 29.6 Å². The first-order valence-corrected chi connectivity index (χ1v) is 33.8. The van der Waals surface area contributed by atoms with E-state index in [4.69, 9.17) is 14.2 Å². The summed E-state index contributed by atoms with van der Waals surface area (Å²) in [6.45, 7) is 30.8. The van der Waals surface area contributed by atoms with Crippen LogP contribution in [0.3, 0.4) is 0 Å². The van der Waals surface area contributed by atoms with E-state index in [-0.39, 0.29) is 75.4 Å². The van der Waals surface area contributed by atoms with Gasteiger partial charge in [-0.05, 0) is 138 Å². The van der Waals surface area contributed by atoms with Gasteiger partial charge in [0.15, 0.2) is 61.9 Å². The van der Waals surface area contributed by atoms with Crippen LogP contribution < -0.4 is 68.2 Å². The smallest absolute Gasteiger partial charge is 1.00 e. The van der Waals surface area contributed by atoms with Crippen LogP contribution in [0.25, 0.3) is 0 Å². The van der Waals surface area contributed by atoms with Crippen LogP contribution in [-0.4, -0.2) is 79.7 Å². The molecule has 3 aromatic carbocycles. The van der Waals surface area contributed by atoms with E-state index < -0.39 is 0 Å². The summed E-state index contributed by atoms with van der Waals surface area (Å²) in [5.74, 6) is 2.72. The van der Waals surface area contributed by atoms with Gasteiger partial charge in [-0.3, -0.25) is 24.0 Å². The maximum Gasteiger partial charge on any atom is 1.00 e. The monoisotopic (exact) mass is 1420 g/mol. The number of aldehydes is 3. The number of ether oxygens (including phenoxy) is 3. The fourth-order valence-corrected chi connectivity index (χ4v) is 9.58. The van der Waals surface area contributed by atoms with Crippen LogP contribution in [0.1, 0.15) is 226 Å². The van der Waals surface area contributed by atoms with Crippen molar-refractivity contribution in [1.82, 2.24) is 15.0 Å². The largest absolute Gasteiger partial charge is 1.00 e. The molecule has 21 heteroatoms. The van der Waals surface area contributed by atoms with Crippen molar-refractivity contribution >= 4 is 53.8 Å². The van der Waals surface area contributed by atoms with E-state index in [0.717, 1.165) is 88.8 Å². The molecule has 9 rings (SSSR count). The molecule has 0 saturated heterocycles. The Balaban J connectivity index is -0.000000659. The number of methoxy groups -OCH3 is 3. The molecule has 0 radical (unpaired) electrons. The van der Waals surface area contributed by atoms with Gasteiger partial charge in [0, 0.05) is 99.3 Å². The number of pyridine rings is 6. The third kappa shape index (κ3) is 31.8. The fourth-order valence-electron chi connectivity index (χ4n) is 9.58. The molecule has 0 spiro atoms.